The van der Waals surface area contributed by atoms with Crippen molar-refractivity contribution in [2.45, 2.75) is 33.7 Å². The van der Waals surface area contributed by atoms with Crippen LogP contribution in [0.25, 0.3) is 0 Å². The highest BCUT2D eigenvalue weighted by Gasteiger charge is 2.27. The maximum absolute atomic E-state index is 12.9. The van der Waals surface area contributed by atoms with E-state index in [9.17, 15) is 13.2 Å². The second-order valence-electron chi connectivity index (χ2n) is 7.67. The predicted molar refractivity (Wildman–Crippen MR) is 116 cm³/mol. The lowest BCUT2D eigenvalue weighted by molar-refractivity contribution is 0.0901. The number of carbonyl (C=O) groups is 1. The molecule has 2 aromatic rings. The van der Waals surface area contributed by atoms with Crippen LogP contribution in [0.4, 0.5) is 0 Å². The molecule has 6 nitrogen and oxygen atoms in total. The van der Waals surface area contributed by atoms with Gasteiger partial charge in [0.15, 0.2) is 5.78 Å². The number of nitrogens with zero attached hydrogens (tertiary/aromatic N) is 3. The zero-order valence-electron chi connectivity index (χ0n) is 17.6. The highest BCUT2D eigenvalue weighted by Crippen LogP contribution is 2.18. The van der Waals surface area contributed by atoms with Gasteiger partial charge in [0.25, 0.3) is 0 Å². The molecule has 0 aliphatic carbocycles. The third-order valence-corrected chi connectivity index (χ3v) is 7.68. The van der Waals surface area contributed by atoms with Crippen LogP contribution in [0.1, 0.15) is 34.2 Å². The third kappa shape index (κ3) is 5.15. The summed E-state index contributed by atoms with van der Waals surface area (Å²) in [5.74, 6) is 0.233. The van der Waals surface area contributed by atoms with E-state index in [4.69, 9.17) is 0 Å². The SMILES string of the molecule is CCS(=O)(=O)N1CCN(CC(=O)c2cc(C)n(CCc3ccccc3)c2C)CC1. The smallest absolute Gasteiger partial charge is 0.213 e. The minimum absolute atomic E-state index is 0.107. The van der Waals surface area contributed by atoms with E-state index in [0.29, 0.717) is 32.7 Å². The van der Waals surface area contributed by atoms with Crippen molar-refractivity contribution in [1.29, 1.82) is 0 Å². The number of ketones is 1. The quantitative estimate of drug-likeness (QED) is 0.619. The Morgan fingerprint density at radius 2 is 1.69 bits per heavy atom. The molecule has 2 heterocycles. The number of Topliss-reactive ketones (excluding diaryl/α,β-unsaturated/α-hetero) is 1. The minimum Gasteiger partial charge on any atom is -0.348 e. The number of piperazine rings is 1. The first-order valence-corrected chi connectivity index (χ1v) is 11.9. The van der Waals surface area contributed by atoms with Gasteiger partial charge < -0.3 is 4.57 Å². The lowest BCUT2D eigenvalue weighted by Crippen LogP contribution is -2.50. The summed E-state index contributed by atoms with van der Waals surface area (Å²) in [6.45, 7) is 9.01. The topological polar surface area (TPSA) is 62.6 Å². The molecule has 1 aromatic carbocycles. The maximum Gasteiger partial charge on any atom is 0.213 e. The second-order valence-corrected chi connectivity index (χ2v) is 9.93. The number of hydrogen-bond acceptors (Lipinski definition) is 4. The van der Waals surface area contributed by atoms with Crippen molar-refractivity contribution in [3.63, 3.8) is 0 Å². The fourth-order valence-electron chi connectivity index (χ4n) is 3.95. The van der Waals surface area contributed by atoms with E-state index >= 15 is 0 Å². The molecule has 1 fully saturated rings. The molecular formula is C22H31N3O3S. The van der Waals surface area contributed by atoms with Gasteiger partial charge >= 0.3 is 0 Å². The molecule has 1 aliphatic heterocycles. The monoisotopic (exact) mass is 417 g/mol. The number of hydrogen-bond donors (Lipinski definition) is 0. The summed E-state index contributed by atoms with van der Waals surface area (Å²) in [6.07, 6.45) is 0.929. The van der Waals surface area contributed by atoms with Crippen molar-refractivity contribution in [1.82, 2.24) is 13.8 Å². The molecule has 158 valence electrons. The summed E-state index contributed by atoms with van der Waals surface area (Å²) in [7, 11) is -3.15. The van der Waals surface area contributed by atoms with Crippen LogP contribution in [0.5, 0.6) is 0 Å². The van der Waals surface area contributed by atoms with Gasteiger partial charge in [-0.1, -0.05) is 30.3 Å². The Bertz CT molecular complexity index is 943. The number of benzene rings is 1. The summed E-state index contributed by atoms with van der Waals surface area (Å²) >= 11 is 0. The molecule has 0 spiro atoms. The summed E-state index contributed by atoms with van der Waals surface area (Å²) in [4.78, 5) is 15.0. The van der Waals surface area contributed by atoms with Crippen LogP contribution >= 0.6 is 0 Å². The van der Waals surface area contributed by atoms with E-state index in [1.807, 2.05) is 38.1 Å². The Labute approximate surface area is 174 Å². The van der Waals surface area contributed by atoms with Gasteiger partial charge in [-0.2, -0.15) is 4.31 Å². The standard InChI is InChI=1S/C22H31N3O3S/c1-4-29(27,28)24-14-12-23(13-15-24)17-22(26)21-16-18(2)25(19(21)3)11-10-20-8-6-5-7-9-20/h5-9,16H,4,10-15,17H2,1-3H3. The second kappa shape index (κ2) is 9.24. The van der Waals surface area contributed by atoms with Crippen LogP contribution in [0.2, 0.25) is 0 Å². The molecule has 7 heteroatoms. The minimum atomic E-state index is -3.15. The molecular weight excluding hydrogens is 386 g/mol. The first kappa shape index (κ1) is 21.7. The van der Waals surface area contributed by atoms with Gasteiger partial charge in [-0.05, 0) is 38.8 Å². The van der Waals surface area contributed by atoms with Crippen molar-refractivity contribution in [3.8, 4) is 0 Å². The van der Waals surface area contributed by atoms with E-state index in [-0.39, 0.29) is 11.5 Å². The van der Waals surface area contributed by atoms with Crippen LogP contribution in [-0.2, 0) is 23.0 Å². The zero-order valence-corrected chi connectivity index (χ0v) is 18.4. The van der Waals surface area contributed by atoms with E-state index in [1.165, 1.54) is 9.87 Å². The Morgan fingerprint density at radius 1 is 1.03 bits per heavy atom. The average Bonchev–Trinajstić information content (AvgIpc) is 3.01. The fraction of sp³-hybridized carbons (Fsp3) is 0.500. The van der Waals surface area contributed by atoms with Crippen LogP contribution < -0.4 is 0 Å². The summed E-state index contributed by atoms with van der Waals surface area (Å²) < 4.78 is 27.7. The van der Waals surface area contributed by atoms with E-state index in [2.05, 4.69) is 21.6 Å². The Morgan fingerprint density at radius 3 is 2.31 bits per heavy atom. The molecule has 3 rings (SSSR count). The Hall–Kier alpha value is -1.96. The van der Waals surface area contributed by atoms with E-state index < -0.39 is 10.0 Å². The van der Waals surface area contributed by atoms with Crippen molar-refractivity contribution in [3.05, 3.63) is 58.9 Å². The predicted octanol–water partition coefficient (Wildman–Crippen LogP) is 2.50. The van der Waals surface area contributed by atoms with Crippen LogP contribution in [0.3, 0.4) is 0 Å². The molecule has 29 heavy (non-hydrogen) atoms. The zero-order chi connectivity index (χ0) is 21.0. The lowest BCUT2D eigenvalue weighted by atomic mass is 10.1. The fourth-order valence-corrected chi connectivity index (χ4v) is 5.03. The summed E-state index contributed by atoms with van der Waals surface area (Å²) in [6, 6.07) is 12.3. The van der Waals surface area contributed by atoms with Crippen LogP contribution in [-0.4, -0.2) is 66.4 Å². The number of rotatable bonds is 8. The molecule has 0 amide bonds. The van der Waals surface area contributed by atoms with Crippen molar-refractivity contribution < 1.29 is 13.2 Å². The van der Waals surface area contributed by atoms with Gasteiger partial charge in [0.1, 0.15) is 0 Å². The van der Waals surface area contributed by atoms with Gasteiger partial charge in [0.05, 0.1) is 12.3 Å². The number of carbonyl (C=O) groups excluding carboxylic acids is 1. The van der Waals surface area contributed by atoms with Gasteiger partial charge in [0, 0.05) is 49.7 Å². The van der Waals surface area contributed by atoms with Crippen LogP contribution in [0.15, 0.2) is 36.4 Å². The highest BCUT2D eigenvalue weighted by atomic mass is 32.2. The van der Waals surface area contributed by atoms with Gasteiger partial charge in [0.2, 0.25) is 10.0 Å². The number of sulfonamides is 1. The molecule has 1 aliphatic rings. The van der Waals surface area contributed by atoms with Gasteiger partial charge in [-0.25, -0.2) is 8.42 Å². The summed E-state index contributed by atoms with van der Waals surface area (Å²) in [5, 5.41) is 0. The van der Waals surface area contributed by atoms with Crippen molar-refractivity contribution in [2.24, 2.45) is 0 Å². The molecule has 1 aromatic heterocycles. The maximum atomic E-state index is 12.9. The molecule has 0 bridgehead atoms. The molecule has 1 saturated heterocycles. The normalized spacial score (nSPS) is 16.2. The average molecular weight is 418 g/mol. The Balaban J connectivity index is 1.60. The molecule has 0 saturated carbocycles. The molecule has 0 radical (unpaired) electrons. The molecule has 0 unspecified atom stereocenters. The largest absolute Gasteiger partial charge is 0.348 e. The molecule has 0 N–H and O–H groups in total. The number of aryl methyl sites for hydroxylation is 2. The van der Waals surface area contributed by atoms with E-state index in [1.54, 1.807) is 6.92 Å². The first-order chi connectivity index (χ1) is 13.8. The summed E-state index contributed by atoms with van der Waals surface area (Å²) in [5.41, 5.74) is 4.17. The Kier molecular flexibility index (Phi) is 6.93. The van der Waals surface area contributed by atoms with Crippen molar-refractivity contribution in [2.75, 3.05) is 38.5 Å². The third-order valence-electron chi connectivity index (χ3n) is 5.80. The number of aromatic nitrogens is 1. The molecule has 0 atom stereocenters. The lowest BCUT2D eigenvalue weighted by Gasteiger charge is -2.33. The van der Waals surface area contributed by atoms with E-state index in [0.717, 1.165) is 29.9 Å². The first-order valence-electron chi connectivity index (χ1n) is 10.3. The van der Waals surface area contributed by atoms with Crippen LogP contribution in [0, 0.1) is 13.8 Å². The highest BCUT2D eigenvalue weighted by molar-refractivity contribution is 7.89. The van der Waals surface area contributed by atoms with Crippen molar-refractivity contribution >= 4 is 15.8 Å². The van der Waals surface area contributed by atoms with Gasteiger partial charge in [-0.3, -0.25) is 9.69 Å². The van der Waals surface area contributed by atoms with Gasteiger partial charge in [-0.15, -0.1) is 0 Å².